The molecule has 1 N–H and O–H groups in total. The van der Waals surface area contributed by atoms with Gasteiger partial charge in [0.25, 0.3) is 0 Å². The average Bonchev–Trinajstić information content (AvgIpc) is 2.02. The molecule has 0 heterocycles. The van der Waals surface area contributed by atoms with E-state index in [0.29, 0.717) is 6.07 Å². The Bertz CT molecular complexity index is 411. The second-order valence-corrected chi connectivity index (χ2v) is 4.37. The Morgan fingerprint density at radius 3 is 2.14 bits per heavy atom. The van der Waals surface area contributed by atoms with E-state index in [0.717, 1.165) is 12.1 Å². The molecule has 6 heteroatoms. The summed E-state index contributed by atoms with van der Waals surface area (Å²) in [4.78, 5) is -0.406. The number of benzene rings is 1. The summed E-state index contributed by atoms with van der Waals surface area (Å²) >= 11 is 0. The van der Waals surface area contributed by atoms with Crippen molar-refractivity contribution in [2.45, 2.75) is 11.8 Å². The molecule has 0 amide bonds. The molecule has 0 aliphatic carbocycles. The summed E-state index contributed by atoms with van der Waals surface area (Å²) in [5.74, 6) is -1.83. The third kappa shape index (κ3) is 2.49. The lowest BCUT2D eigenvalue weighted by Crippen LogP contribution is -2.23. The van der Waals surface area contributed by atoms with E-state index in [4.69, 9.17) is 0 Å². The Balaban J connectivity index is 3.19. The van der Waals surface area contributed by atoms with E-state index in [1.165, 1.54) is 0 Å². The van der Waals surface area contributed by atoms with Crippen LogP contribution in [0.1, 0.15) is 6.92 Å². The van der Waals surface area contributed by atoms with Gasteiger partial charge in [-0.15, -0.1) is 0 Å². The molecule has 0 saturated heterocycles. The van der Waals surface area contributed by atoms with Crippen molar-refractivity contribution in [2.75, 3.05) is 6.54 Å². The van der Waals surface area contributed by atoms with Gasteiger partial charge >= 0.3 is 0 Å². The highest BCUT2D eigenvalue weighted by Crippen LogP contribution is 2.12. The summed E-state index contributed by atoms with van der Waals surface area (Å²) in [5, 5.41) is 0. The molecule has 0 fully saturated rings. The number of nitrogens with one attached hydrogen (secondary N) is 1. The van der Waals surface area contributed by atoms with Crippen LogP contribution in [0.5, 0.6) is 0 Å². The molecule has 0 aliphatic rings. The van der Waals surface area contributed by atoms with Crippen molar-refractivity contribution in [3.8, 4) is 0 Å². The molecule has 78 valence electrons. The van der Waals surface area contributed by atoms with Crippen LogP contribution in [0.3, 0.4) is 0 Å². The van der Waals surface area contributed by atoms with E-state index in [1.807, 2.05) is 0 Å². The summed E-state index contributed by atoms with van der Waals surface area (Å²) in [6.07, 6.45) is 0. The largest absolute Gasteiger partial charge is 0.240 e. The molecule has 0 atom stereocenters. The van der Waals surface area contributed by atoms with Crippen LogP contribution < -0.4 is 4.72 Å². The van der Waals surface area contributed by atoms with Gasteiger partial charge in [0, 0.05) is 12.6 Å². The zero-order valence-electron chi connectivity index (χ0n) is 7.42. The van der Waals surface area contributed by atoms with E-state index < -0.39 is 26.6 Å². The highest BCUT2D eigenvalue weighted by Gasteiger charge is 2.14. The van der Waals surface area contributed by atoms with Gasteiger partial charge in [0.2, 0.25) is 10.0 Å². The molecule has 1 rings (SSSR count). The molecule has 1 aromatic carbocycles. The fourth-order valence-corrected chi connectivity index (χ4v) is 2.04. The molecule has 14 heavy (non-hydrogen) atoms. The SMILES string of the molecule is CCNS(=O)(=O)c1cc(F)cc(F)c1. The molecule has 0 unspecified atom stereocenters. The van der Waals surface area contributed by atoms with Crippen LogP contribution in [0.15, 0.2) is 23.1 Å². The topological polar surface area (TPSA) is 46.2 Å². The first kappa shape index (κ1) is 11.1. The summed E-state index contributed by atoms with van der Waals surface area (Å²) in [6.45, 7) is 1.74. The van der Waals surface area contributed by atoms with Gasteiger partial charge in [-0.3, -0.25) is 0 Å². The van der Waals surface area contributed by atoms with Crippen LogP contribution in [-0.4, -0.2) is 15.0 Å². The third-order valence-corrected chi connectivity index (χ3v) is 3.01. The van der Waals surface area contributed by atoms with E-state index in [9.17, 15) is 17.2 Å². The maximum absolute atomic E-state index is 12.7. The lowest BCUT2D eigenvalue weighted by atomic mass is 10.3. The van der Waals surface area contributed by atoms with E-state index in [1.54, 1.807) is 6.92 Å². The predicted octanol–water partition coefficient (Wildman–Crippen LogP) is 1.26. The molecular formula is C8H9F2NO2S. The first-order valence-corrected chi connectivity index (χ1v) is 5.40. The zero-order valence-corrected chi connectivity index (χ0v) is 8.24. The standard InChI is InChI=1S/C8H9F2NO2S/c1-2-11-14(12,13)8-4-6(9)3-7(10)5-8/h3-5,11H,2H2,1H3. The first-order valence-electron chi connectivity index (χ1n) is 3.91. The van der Waals surface area contributed by atoms with Crippen molar-refractivity contribution in [2.24, 2.45) is 0 Å². The van der Waals surface area contributed by atoms with Gasteiger partial charge in [0.1, 0.15) is 11.6 Å². The minimum Gasteiger partial charge on any atom is -0.211 e. The van der Waals surface area contributed by atoms with Crippen LogP contribution in [0, 0.1) is 11.6 Å². The monoisotopic (exact) mass is 221 g/mol. The van der Waals surface area contributed by atoms with E-state index in [-0.39, 0.29) is 6.54 Å². The van der Waals surface area contributed by atoms with Crippen LogP contribution in [-0.2, 0) is 10.0 Å². The van der Waals surface area contributed by atoms with Crippen molar-refractivity contribution in [3.63, 3.8) is 0 Å². The molecule has 3 nitrogen and oxygen atoms in total. The van der Waals surface area contributed by atoms with Gasteiger partial charge in [0.15, 0.2) is 0 Å². The summed E-state index contributed by atoms with van der Waals surface area (Å²) in [7, 11) is -3.79. The Labute approximate surface area is 80.8 Å². The quantitative estimate of drug-likeness (QED) is 0.835. The van der Waals surface area contributed by atoms with E-state index in [2.05, 4.69) is 4.72 Å². The predicted molar refractivity (Wildman–Crippen MR) is 47.2 cm³/mol. The summed E-state index contributed by atoms with van der Waals surface area (Å²) < 4.78 is 50.0. The van der Waals surface area contributed by atoms with Crippen molar-refractivity contribution in [1.82, 2.24) is 4.72 Å². The molecule has 0 saturated carbocycles. The number of hydrogen-bond donors (Lipinski definition) is 1. The van der Waals surface area contributed by atoms with Crippen LogP contribution in [0.4, 0.5) is 8.78 Å². The van der Waals surface area contributed by atoms with Crippen molar-refractivity contribution in [1.29, 1.82) is 0 Å². The number of rotatable bonds is 3. The van der Waals surface area contributed by atoms with Gasteiger partial charge in [0.05, 0.1) is 4.90 Å². The second kappa shape index (κ2) is 4.02. The minimum absolute atomic E-state index is 0.167. The Kier molecular flexibility index (Phi) is 3.17. The van der Waals surface area contributed by atoms with Gasteiger partial charge in [-0.2, -0.15) is 0 Å². The Morgan fingerprint density at radius 1 is 1.21 bits per heavy atom. The highest BCUT2D eigenvalue weighted by molar-refractivity contribution is 7.89. The lowest BCUT2D eigenvalue weighted by Gasteiger charge is -2.04. The molecule has 0 aromatic heterocycles. The van der Waals surface area contributed by atoms with Crippen LogP contribution >= 0.6 is 0 Å². The van der Waals surface area contributed by atoms with Crippen molar-refractivity contribution in [3.05, 3.63) is 29.8 Å². The minimum atomic E-state index is -3.79. The summed E-state index contributed by atoms with van der Waals surface area (Å²) in [6, 6.07) is 2.15. The maximum Gasteiger partial charge on any atom is 0.240 e. The number of hydrogen-bond acceptors (Lipinski definition) is 2. The summed E-state index contributed by atoms with van der Waals surface area (Å²) in [5.41, 5.74) is 0. The molecule has 1 aromatic rings. The molecular weight excluding hydrogens is 212 g/mol. The fraction of sp³-hybridized carbons (Fsp3) is 0.250. The van der Waals surface area contributed by atoms with Crippen molar-refractivity contribution >= 4 is 10.0 Å². The van der Waals surface area contributed by atoms with Crippen LogP contribution in [0.25, 0.3) is 0 Å². The Hall–Kier alpha value is -1.01. The highest BCUT2D eigenvalue weighted by atomic mass is 32.2. The second-order valence-electron chi connectivity index (χ2n) is 2.61. The fourth-order valence-electron chi connectivity index (χ4n) is 0.957. The van der Waals surface area contributed by atoms with Crippen molar-refractivity contribution < 1.29 is 17.2 Å². The number of halogens is 2. The zero-order chi connectivity index (χ0) is 10.8. The average molecular weight is 221 g/mol. The number of sulfonamides is 1. The van der Waals surface area contributed by atoms with Gasteiger partial charge in [-0.1, -0.05) is 6.92 Å². The van der Waals surface area contributed by atoms with Gasteiger partial charge < -0.3 is 0 Å². The van der Waals surface area contributed by atoms with E-state index >= 15 is 0 Å². The Morgan fingerprint density at radius 2 is 1.71 bits per heavy atom. The molecule has 0 aliphatic heterocycles. The van der Waals surface area contributed by atoms with Crippen LogP contribution in [0.2, 0.25) is 0 Å². The van der Waals surface area contributed by atoms with Gasteiger partial charge in [-0.25, -0.2) is 21.9 Å². The first-order chi connectivity index (χ1) is 6.45. The molecule has 0 radical (unpaired) electrons. The molecule has 0 spiro atoms. The normalized spacial score (nSPS) is 11.6. The third-order valence-electron chi connectivity index (χ3n) is 1.48. The smallest absolute Gasteiger partial charge is 0.211 e. The molecule has 0 bridgehead atoms. The lowest BCUT2D eigenvalue weighted by molar-refractivity contribution is 0.562. The van der Waals surface area contributed by atoms with Gasteiger partial charge in [-0.05, 0) is 12.1 Å². The maximum atomic E-state index is 12.7.